The highest BCUT2D eigenvalue weighted by atomic mass is 16.5. The standard InChI is InChI=1S/C42H54O8/c1-5-33(43)25-47-37-17-9-29(10-18-37)41(30-11-19-38(20-12-30)48-26-34(44)6-2)42(31-13-21-39(22-14-31)49-27-35(45)7-3)32-15-23-40(24-16-32)50-28-36(46)8-4/h9-24,33-36,41-46H,5-8,25-28H2,1-4H3. The van der Waals surface area contributed by atoms with E-state index in [1.54, 1.807) is 0 Å². The third-order valence-corrected chi connectivity index (χ3v) is 8.94. The Morgan fingerprint density at radius 1 is 0.340 bits per heavy atom. The smallest absolute Gasteiger partial charge is 0.119 e. The van der Waals surface area contributed by atoms with Crippen LogP contribution in [-0.2, 0) is 0 Å². The molecule has 8 heteroatoms. The lowest BCUT2D eigenvalue weighted by Crippen LogP contribution is -2.17. The van der Waals surface area contributed by atoms with Crippen molar-refractivity contribution in [3.8, 4) is 23.0 Å². The van der Waals surface area contributed by atoms with E-state index in [2.05, 4.69) is 48.5 Å². The third kappa shape index (κ3) is 11.5. The molecule has 0 aliphatic carbocycles. The number of aliphatic hydroxyl groups is 4. The summed E-state index contributed by atoms with van der Waals surface area (Å²) in [4.78, 5) is 0. The van der Waals surface area contributed by atoms with Gasteiger partial charge in [0.15, 0.2) is 0 Å². The Morgan fingerprint density at radius 2 is 0.520 bits per heavy atom. The maximum atomic E-state index is 10.0. The van der Waals surface area contributed by atoms with E-state index in [1.165, 1.54) is 0 Å². The van der Waals surface area contributed by atoms with Gasteiger partial charge < -0.3 is 39.4 Å². The van der Waals surface area contributed by atoms with Crippen molar-refractivity contribution in [1.82, 2.24) is 0 Å². The average molecular weight is 687 g/mol. The second-order valence-corrected chi connectivity index (χ2v) is 12.7. The lowest BCUT2D eigenvalue weighted by atomic mass is 9.73. The summed E-state index contributed by atoms with van der Waals surface area (Å²) in [5.41, 5.74) is 4.25. The molecule has 0 saturated heterocycles. The van der Waals surface area contributed by atoms with Crippen LogP contribution in [0, 0.1) is 0 Å². The first kappa shape index (κ1) is 38.7. The van der Waals surface area contributed by atoms with Gasteiger partial charge in [0.25, 0.3) is 0 Å². The van der Waals surface area contributed by atoms with Gasteiger partial charge in [0.05, 0.1) is 24.4 Å². The highest BCUT2D eigenvalue weighted by Crippen LogP contribution is 2.44. The Labute approximate surface area is 297 Å². The van der Waals surface area contributed by atoms with Crippen molar-refractivity contribution in [2.75, 3.05) is 26.4 Å². The van der Waals surface area contributed by atoms with Crippen LogP contribution in [-0.4, -0.2) is 71.3 Å². The van der Waals surface area contributed by atoms with Gasteiger partial charge in [-0.25, -0.2) is 0 Å². The molecule has 4 unspecified atom stereocenters. The summed E-state index contributed by atoms with van der Waals surface area (Å²) in [7, 11) is 0. The maximum absolute atomic E-state index is 10.0. The molecule has 4 aromatic carbocycles. The fraction of sp³-hybridized carbons (Fsp3) is 0.429. The number of benzene rings is 4. The minimum atomic E-state index is -0.527. The van der Waals surface area contributed by atoms with Crippen LogP contribution in [0.1, 0.15) is 87.5 Å². The lowest BCUT2D eigenvalue weighted by Gasteiger charge is -2.30. The number of rotatable bonds is 21. The van der Waals surface area contributed by atoms with Gasteiger partial charge in [0.2, 0.25) is 0 Å². The van der Waals surface area contributed by atoms with E-state index in [0.29, 0.717) is 48.7 Å². The zero-order valence-corrected chi connectivity index (χ0v) is 29.8. The molecule has 4 atom stereocenters. The molecule has 0 bridgehead atoms. The van der Waals surface area contributed by atoms with Crippen LogP contribution in [0.3, 0.4) is 0 Å². The monoisotopic (exact) mass is 686 g/mol. The fourth-order valence-electron chi connectivity index (χ4n) is 5.48. The maximum Gasteiger partial charge on any atom is 0.119 e. The highest BCUT2D eigenvalue weighted by molar-refractivity contribution is 5.48. The number of hydrogen-bond donors (Lipinski definition) is 4. The van der Waals surface area contributed by atoms with Crippen LogP contribution in [0.4, 0.5) is 0 Å². The number of aliphatic hydroxyl groups excluding tert-OH is 4. The largest absolute Gasteiger partial charge is 0.491 e. The third-order valence-electron chi connectivity index (χ3n) is 8.94. The quantitative estimate of drug-likeness (QED) is 0.0725. The molecule has 0 fully saturated rings. The Hall–Kier alpha value is -4.08. The van der Waals surface area contributed by atoms with E-state index >= 15 is 0 Å². The van der Waals surface area contributed by atoms with Gasteiger partial charge in [-0.3, -0.25) is 0 Å². The summed E-state index contributed by atoms with van der Waals surface area (Å²) in [6, 6.07) is 32.1. The summed E-state index contributed by atoms with van der Waals surface area (Å²) in [6.45, 7) is 8.59. The molecular formula is C42H54O8. The number of ether oxygens (including phenoxy) is 4. The Balaban J connectivity index is 1.76. The van der Waals surface area contributed by atoms with Crippen molar-refractivity contribution in [3.63, 3.8) is 0 Å². The summed E-state index contributed by atoms with van der Waals surface area (Å²) >= 11 is 0. The molecule has 50 heavy (non-hydrogen) atoms. The van der Waals surface area contributed by atoms with Crippen LogP contribution >= 0.6 is 0 Å². The Bertz CT molecular complexity index is 1270. The van der Waals surface area contributed by atoms with Crippen molar-refractivity contribution < 1.29 is 39.4 Å². The molecule has 4 rings (SSSR count). The molecule has 0 aromatic heterocycles. The first-order chi connectivity index (χ1) is 24.2. The molecule has 4 aromatic rings. The molecular weight excluding hydrogens is 632 g/mol. The van der Waals surface area contributed by atoms with Gasteiger partial charge in [-0.2, -0.15) is 0 Å². The molecule has 270 valence electrons. The average Bonchev–Trinajstić information content (AvgIpc) is 3.17. The van der Waals surface area contributed by atoms with Crippen LogP contribution in [0.25, 0.3) is 0 Å². The normalized spacial score (nSPS) is 15.0. The summed E-state index contributed by atoms with van der Waals surface area (Å²) in [5.74, 6) is 2.43. The van der Waals surface area contributed by atoms with E-state index in [1.807, 2.05) is 76.2 Å². The molecule has 0 radical (unpaired) electrons. The van der Waals surface area contributed by atoms with Gasteiger partial charge in [0, 0.05) is 11.8 Å². The molecule has 0 amide bonds. The molecule has 4 N–H and O–H groups in total. The van der Waals surface area contributed by atoms with Gasteiger partial charge in [-0.05, 0) is 96.5 Å². The predicted octanol–water partition coefficient (Wildman–Crippen LogP) is 7.25. The topological polar surface area (TPSA) is 118 Å². The van der Waals surface area contributed by atoms with Crippen molar-refractivity contribution in [3.05, 3.63) is 119 Å². The van der Waals surface area contributed by atoms with Crippen molar-refractivity contribution in [2.45, 2.75) is 89.6 Å². The minimum absolute atomic E-state index is 0.150. The van der Waals surface area contributed by atoms with E-state index in [0.717, 1.165) is 22.3 Å². The highest BCUT2D eigenvalue weighted by Gasteiger charge is 2.29. The summed E-state index contributed by atoms with van der Waals surface area (Å²) < 4.78 is 23.5. The molecule has 0 heterocycles. The molecule has 0 saturated carbocycles. The molecule has 0 spiro atoms. The Kier molecular flexibility index (Phi) is 15.4. The van der Waals surface area contributed by atoms with E-state index in [9.17, 15) is 20.4 Å². The molecule has 0 aliphatic heterocycles. The minimum Gasteiger partial charge on any atom is -0.491 e. The van der Waals surface area contributed by atoms with Crippen LogP contribution < -0.4 is 18.9 Å². The van der Waals surface area contributed by atoms with Crippen LogP contribution in [0.5, 0.6) is 23.0 Å². The van der Waals surface area contributed by atoms with Crippen molar-refractivity contribution >= 4 is 0 Å². The van der Waals surface area contributed by atoms with Crippen molar-refractivity contribution in [1.29, 1.82) is 0 Å². The van der Waals surface area contributed by atoms with Gasteiger partial charge in [-0.15, -0.1) is 0 Å². The Morgan fingerprint density at radius 3 is 0.680 bits per heavy atom. The predicted molar refractivity (Wildman–Crippen MR) is 197 cm³/mol. The molecule has 0 aliphatic rings. The zero-order chi connectivity index (χ0) is 35.9. The van der Waals surface area contributed by atoms with Gasteiger partial charge in [0.1, 0.15) is 49.4 Å². The lowest BCUT2D eigenvalue weighted by molar-refractivity contribution is 0.104. The first-order valence-electron chi connectivity index (χ1n) is 17.9. The molecule has 8 nitrogen and oxygen atoms in total. The summed E-state index contributed by atoms with van der Waals surface area (Å²) in [6.07, 6.45) is 0.354. The second-order valence-electron chi connectivity index (χ2n) is 12.7. The second kappa shape index (κ2) is 19.9. The zero-order valence-electron chi connectivity index (χ0n) is 29.8. The van der Waals surface area contributed by atoms with Gasteiger partial charge >= 0.3 is 0 Å². The van der Waals surface area contributed by atoms with E-state index < -0.39 is 24.4 Å². The van der Waals surface area contributed by atoms with E-state index in [-0.39, 0.29) is 38.3 Å². The number of hydrogen-bond acceptors (Lipinski definition) is 8. The first-order valence-corrected chi connectivity index (χ1v) is 17.9. The van der Waals surface area contributed by atoms with Gasteiger partial charge in [-0.1, -0.05) is 76.2 Å². The van der Waals surface area contributed by atoms with Crippen LogP contribution in [0.15, 0.2) is 97.1 Å². The van der Waals surface area contributed by atoms with Crippen LogP contribution in [0.2, 0.25) is 0 Å². The SMILES string of the molecule is CCC(O)COc1ccc(C(c2ccc(OCC(O)CC)cc2)C(c2ccc(OCC(O)CC)cc2)c2ccc(OCC(O)CC)cc2)cc1. The van der Waals surface area contributed by atoms with Crippen molar-refractivity contribution in [2.24, 2.45) is 0 Å². The summed E-state index contributed by atoms with van der Waals surface area (Å²) in [5, 5.41) is 40.1. The van der Waals surface area contributed by atoms with E-state index in [4.69, 9.17) is 18.9 Å². The fourth-order valence-corrected chi connectivity index (χ4v) is 5.48.